The minimum atomic E-state index is -0.229. The molecule has 0 saturated heterocycles. The van der Waals surface area contributed by atoms with E-state index in [2.05, 4.69) is 76.5 Å². The summed E-state index contributed by atoms with van der Waals surface area (Å²) in [5.74, 6) is 0.681. The Hall–Kier alpha value is -3.97. The highest BCUT2D eigenvalue weighted by molar-refractivity contribution is 6.85. The van der Waals surface area contributed by atoms with Crippen molar-refractivity contribution in [1.82, 2.24) is 0 Å². The molecule has 6 rings (SSSR count). The quantitative estimate of drug-likeness (QED) is 0.339. The molecular weight excluding hydrogens is 355 g/mol. The maximum Gasteiger partial charge on any atom is 0.430 e. The van der Waals surface area contributed by atoms with E-state index < -0.39 is 0 Å². The van der Waals surface area contributed by atoms with E-state index >= 15 is 0 Å². The van der Waals surface area contributed by atoms with Crippen LogP contribution in [0.1, 0.15) is 0 Å². The molecule has 0 unspecified atom stereocenters. The molecule has 2 aliphatic heterocycles. The zero-order valence-electron chi connectivity index (χ0n) is 15.5. The Balaban J connectivity index is 1.70. The lowest BCUT2D eigenvalue weighted by Crippen LogP contribution is -2.56. The second-order valence-corrected chi connectivity index (χ2v) is 7.23. The van der Waals surface area contributed by atoms with Gasteiger partial charge in [0.05, 0.1) is 6.57 Å². The van der Waals surface area contributed by atoms with Crippen LogP contribution in [0.4, 0.5) is 22.7 Å². The summed E-state index contributed by atoms with van der Waals surface area (Å²) in [6.45, 7) is 7.34. The first-order chi connectivity index (χ1) is 14.4. The molecule has 0 aromatic heterocycles. The van der Waals surface area contributed by atoms with Gasteiger partial charge in [0.1, 0.15) is 5.75 Å². The predicted molar refractivity (Wildman–Crippen MR) is 118 cm³/mol. The van der Waals surface area contributed by atoms with E-state index in [1.165, 1.54) is 0 Å². The highest BCUT2D eigenvalue weighted by atomic mass is 16.4. The van der Waals surface area contributed by atoms with Crippen molar-refractivity contribution >= 4 is 40.6 Å². The Morgan fingerprint density at radius 1 is 0.724 bits per heavy atom. The molecule has 0 N–H and O–H groups in total. The van der Waals surface area contributed by atoms with Gasteiger partial charge in [-0.25, -0.2) is 4.85 Å². The summed E-state index contributed by atoms with van der Waals surface area (Å²) >= 11 is 0. The van der Waals surface area contributed by atoms with Crippen molar-refractivity contribution in [3.63, 3.8) is 0 Å². The average Bonchev–Trinajstić information content (AvgIpc) is 2.79. The summed E-state index contributed by atoms with van der Waals surface area (Å²) < 4.78 is 6.53. The number of rotatable bonds is 1. The van der Waals surface area contributed by atoms with Crippen molar-refractivity contribution in [1.29, 1.82) is 0 Å². The SMILES string of the molecule is [C-]#[N+]c1cccc2c1OB1c3ccccc3N(c3ccccc3)c3cccc-2c31. The molecule has 2 heterocycles. The molecular formula is C25H15BN2O. The highest BCUT2D eigenvalue weighted by Gasteiger charge is 2.42. The first-order valence-corrected chi connectivity index (χ1v) is 9.61. The van der Waals surface area contributed by atoms with Crippen LogP contribution in [0.25, 0.3) is 16.0 Å². The average molecular weight is 370 g/mol. The van der Waals surface area contributed by atoms with Crippen molar-refractivity contribution in [2.45, 2.75) is 0 Å². The van der Waals surface area contributed by atoms with E-state index in [-0.39, 0.29) is 6.92 Å². The van der Waals surface area contributed by atoms with Gasteiger partial charge in [0.25, 0.3) is 0 Å². The number of hydrogen-bond acceptors (Lipinski definition) is 2. The first kappa shape index (κ1) is 16.0. The fraction of sp³-hybridized carbons (Fsp3) is 0. The molecule has 0 bridgehead atoms. The van der Waals surface area contributed by atoms with Crippen molar-refractivity contribution in [2.24, 2.45) is 0 Å². The second kappa shape index (κ2) is 6.02. The lowest BCUT2D eigenvalue weighted by molar-refractivity contribution is 0.593. The number of fused-ring (bicyclic) bond motifs is 4. The number of anilines is 3. The van der Waals surface area contributed by atoms with E-state index in [4.69, 9.17) is 11.2 Å². The normalized spacial score (nSPS) is 12.9. The number of hydrogen-bond donors (Lipinski definition) is 0. The third-order valence-corrected chi connectivity index (χ3v) is 5.70. The van der Waals surface area contributed by atoms with Crippen LogP contribution in [0.3, 0.4) is 0 Å². The van der Waals surface area contributed by atoms with Crippen molar-refractivity contribution in [3.8, 4) is 16.9 Å². The molecule has 4 heteroatoms. The van der Waals surface area contributed by atoms with Crippen LogP contribution in [0.15, 0.2) is 91.0 Å². The number of nitrogens with zero attached hydrogens (tertiary/aromatic N) is 2. The Morgan fingerprint density at radius 3 is 2.31 bits per heavy atom. The smallest absolute Gasteiger partial charge is 0.430 e. The molecule has 3 nitrogen and oxygen atoms in total. The Kier molecular flexibility index (Phi) is 3.33. The van der Waals surface area contributed by atoms with Crippen LogP contribution in [-0.4, -0.2) is 6.92 Å². The van der Waals surface area contributed by atoms with E-state index in [0.29, 0.717) is 11.4 Å². The molecule has 4 aromatic carbocycles. The monoisotopic (exact) mass is 370 g/mol. The number of para-hydroxylation sites is 3. The lowest BCUT2D eigenvalue weighted by atomic mass is 9.49. The van der Waals surface area contributed by atoms with Crippen LogP contribution in [0, 0.1) is 6.57 Å². The summed E-state index contributed by atoms with van der Waals surface area (Å²) in [6, 6.07) is 31.0. The standard InChI is InChI=1S/C25H15BN2O/c1-27-21-14-7-12-19-18-11-8-16-23-24(18)26(29-25(19)21)20-13-5-6-15-22(20)28(23)17-9-3-2-4-10-17/h2-16H. The molecule has 0 atom stereocenters. The zero-order chi connectivity index (χ0) is 19.4. The van der Waals surface area contributed by atoms with Crippen LogP contribution >= 0.6 is 0 Å². The number of benzene rings is 4. The van der Waals surface area contributed by atoms with Gasteiger partial charge in [0.15, 0.2) is 0 Å². The van der Waals surface area contributed by atoms with Gasteiger partial charge in [0, 0.05) is 28.1 Å². The van der Waals surface area contributed by atoms with Crippen LogP contribution in [0.5, 0.6) is 5.75 Å². The van der Waals surface area contributed by atoms with Crippen LogP contribution in [0.2, 0.25) is 0 Å². The fourth-order valence-electron chi connectivity index (χ4n) is 4.50. The predicted octanol–water partition coefficient (Wildman–Crippen LogP) is 5.19. The molecule has 29 heavy (non-hydrogen) atoms. The maximum absolute atomic E-state index is 7.57. The molecule has 4 aromatic rings. The Labute approximate surface area is 169 Å². The maximum atomic E-state index is 7.57. The largest absolute Gasteiger partial charge is 0.559 e. The topological polar surface area (TPSA) is 16.8 Å². The van der Waals surface area contributed by atoms with E-state index in [1.807, 2.05) is 24.3 Å². The third-order valence-electron chi connectivity index (χ3n) is 5.70. The van der Waals surface area contributed by atoms with Crippen molar-refractivity contribution in [3.05, 3.63) is 102 Å². The van der Waals surface area contributed by atoms with Gasteiger partial charge in [0.2, 0.25) is 5.69 Å². The van der Waals surface area contributed by atoms with Crippen molar-refractivity contribution in [2.75, 3.05) is 4.90 Å². The van der Waals surface area contributed by atoms with E-state index in [0.717, 1.165) is 39.1 Å². The van der Waals surface area contributed by atoms with E-state index in [1.54, 1.807) is 0 Å². The molecule has 2 aliphatic rings. The van der Waals surface area contributed by atoms with Crippen molar-refractivity contribution < 1.29 is 4.65 Å². The minimum absolute atomic E-state index is 0.229. The molecule has 0 amide bonds. The third kappa shape index (κ3) is 2.19. The first-order valence-electron chi connectivity index (χ1n) is 9.61. The van der Waals surface area contributed by atoms with Crippen LogP contribution < -0.4 is 20.5 Å². The summed E-state index contributed by atoms with van der Waals surface area (Å²) in [4.78, 5) is 6.00. The van der Waals surface area contributed by atoms with E-state index in [9.17, 15) is 0 Å². The molecule has 0 spiro atoms. The summed E-state index contributed by atoms with van der Waals surface area (Å²) in [7, 11) is 0. The fourth-order valence-corrected chi connectivity index (χ4v) is 4.50. The minimum Gasteiger partial charge on any atom is -0.559 e. The Bertz CT molecular complexity index is 1310. The lowest BCUT2D eigenvalue weighted by Gasteiger charge is -2.39. The van der Waals surface area contributed by atoms with Gasteiger partial charge in [-0.15, -0.1) is 0 Å². The zero-order valence-corrected chi connectivity index (χ0v) is 15.5. The summed E-state index contributed by atoms with van der Waals surface area (Å²) in [5, 5.41) is 0. The molecule has 0 aliphatic carbocycles. The Morgan fingerprint density at radius 2 is 1.45 bits per heavy atom. The molecule has 0 fully saturated rings. The summed E-state index contributed by atoms with van der Waals surface area (Å²) in [5.41, 5.74) is 8.29. The van der Waals surface area contributed by atoms with Gasteiger partial charge in [-0.3, -0.25) is 0 Å². The molecule has 134 valence electrons. The molecule has 0 saturated carbocycles. The van der Waals surface area contributed by atoms with Gasteiger partial charge in [-0.05, 0) is 35.3 Å². The van der Waals surface area contributed by atoms with Gasteiger partial charge in [-0.1, -0.05) is 66.7 Å². The second-order valence-electron chi connectivity index (χ2n) is 7.23. The highest BCUT2D eigenvalue weighted by Crippen LogP contribution is 2.45. The van der Waals surface area contributed by atoms with Gasteiger partial charge < -0.3 is 9.55 Å². The molecule has 0 radical (unpaired) electrons. The van der Waals surface area contributed by atoms with Gasteiger partial charge in [-0.2, -0.15) is 0 Å². The summed E-state index contributed by atoms with van der Waals surface area (Å²) in [6.07, 6.45) is 0. The van der Waals surface area contributed by atoms with Gasteiger partial charge >= 0.3 is 6.92 Å². The van der Waals surface area contributed by atoms with Crippen LogP contribution in [-0.2, 0) is 0 Å².